The van der Waals surface area contributed by atoms with E-state index in [1.54, 1.807) is 4.31 Å². The largest absolute Gasteiger partial charge is 0.441 e. The molecule has 1 saturated heterocycles. The Morgan fingerprint density at radius 1 is 1.07 bits per heavy atom. The Kier molecular flexibility index (Phi) is 6.68. The van der Waals surface area contributed by atoms with Crippen LogP contribution in [0.4, 0.5) is 0 Å². The van der Waals surface area contributed by atoms with Crippen molar-refractivity contribution in [3.63, 3.8) is 0 Å². The first-order valence-electron chi connectivity index (χ1n) is 9.71. The summed E-state index contributed by atoms with van der Waals surface area (Å²) in [6.45, 7) is 7.25. The van der Waals surface area contributed by atoms with E-state index in [2.05, 4.69) is 16.8 Å². The first-order valence-corrected chi connectivity index (χ1v) is 11.3. The molecule has 2 aromatic rings. The molecule has 27 heavy (non-hydrogen) atoms. The number of benzene rings is 1. The molecule has 0 amide bonds. The Morgan fingerprint density at radius 3 is 2.44 bits per heavy atom. The van der Waals surface area contributed by atoms with Gasteiger partial charge in [-0.15, -0.1) is 0 Å². The van der Waals surface area contributed by atoms with Crippen LogP contribution in [0.1, 0.15) is 37.6 Å². The van der Waals surface area contributed by atoms with Gasteiger partial charge in [-0.3, -0.25) is 4.90 Å². The van der Waals surface area contributed by atoms with Gasteiger partial charge in [-0.25, -0.2) is 13.4 Å². The molecule has 6 nitrogen and oxygen atoms in total. The van der Waals surface area contributed by atoms with Gasteiger partial charge < -0.3 is 4.42 Å². The Labute approximate surface area is 162 Å². The van der Waals surface area contributed by atoms with Crippen molar-refractivity contribution in [2.24, 2.45) is 0 Å². The first-order chi connectivity index (χ1) is 13.0. The summed E-state index contributed by atoms with van der Waals surface area (Å²) in [5.41, 5.74) is 1.89. The molecule has 0 bridgehead atoms. The van der Waals surface area contributed by atoms with Gasteiger partial charge in [-0.1, -0.05) is 38.0 Å². The standard InChI is InChI=1S/C20H29N3O3S/c1-3-4-8-15-27(24,25)23-13-11-22(12-14-23)16-19-17(2)26-20(21-19)18-9-6-5-7-10-18/h5-7,9-10H,3-4,8,11-16H2,1-2H3. The number of aryl methyl sites for hydroxylation is 1. The third-order valence-corrected chi connectivity index (χ3v) is 6.97. The molecule has 0 atom stereocenters. The van der Waals surface area contributed by atoms with E-state index in [1.165, 1.54) is 0 Å². The van der Waals surface area contributed by atoms with Gasteiger partial charge in [0.15, 0.2) is 0 Å². The van der Waals surface area contributed by atoms with Crippen molar-refractivity contribution < 1.29 is 12.8 Å². The summed E-state index contributed by atoms with van der Waals surface area (Å²) < 4.78 is 32.3. The van der Waals surface area contributed by atoms with Gasteiger partial charge in [0, 0.05) is 38.3 Å². The third-order valence-electron chi connectivity index (χ3n) is 5.02. The maximum Gasteiger partial charge on any atom is 0.226 e. The van der Waals surface area contributed by atoms with Gasteiger partial charge in [0.1, 0.15) is 5.76 Å². The summed E-state index contributed by atoms with van der Waals surface area (Å²) in [6.07, 6.45) is 2.75. The quantitative estimate of drug-likeness (QED) is 0.646. The fourth-order valence-corrected chi connectivity index (χ4v) is 4.87. The van der Waals surface area contributed by atoms with E-state index in [-0.39, 0.29) is 5.75 Å². The fourth-order valence-electron chi connectivity index (χ4n) is 3.32. The molecule has 0 saturated carbocycles. The van der Waals surface area contributed by atoms with Gasteiger partial charge in [-0.2, -0.15) is 4.31 Å². The molecule has 1 aromatic heterocycles. The molecule has 0 radical (unpaired) electrons. The highest BCUT2D eigenvalue weighted by Gasteiger charge is 2.27. The number of aromatic nitrogens is 1. The Hall–Kier alpha value is -1.70. The van der Waals surface area contributed by atoms with Gasteiger partial charge in [0.25, 0.3) is 0 Å². The van der Waals surface area contributed by atoms with Crippen LogP contribution in [0, 0.1) is 6.92 Å². The molecule has 0 unspecified atom stereocenters. The summed E-state index contributed by atoms with van der Waals surface area (Å²) in [7, 11) is -3.12. The van der Waals surface area contributed by atoms with Gasteiger partial charge >= 0.3 is 0 Å². The van der Waals surface area contributed by atoms with Crippen LogP contribution >= 0.6 is 0 Å². The Balaban J connectivity index is 1.56. The average Bonchev–Trinajstić information content (AvgIpc) is 3.04. The number of unbranched alkanes of at least 4 members (excludes halogenated alkanes) is 2. The number of oxazole rings is 1. The van der Waals surface area contributed by atoms with Crippen LogP contribution in [0.3, 0.4) is 0 Å². The number of hydrogen-bond donors (Lipinski definition) is 0. The zero-order valence-electron chi connectivity index (χ0n) is 16.2. The molecular weight excluding hydrogens is 362 g/mol. The highest BCUT2D eigenvalue weighted by Crippen LogP contribution is 2.22. The van der Waals surface area contributed by atoms with E-state index in [0.29, 0.717) is 25.5 Å². The lowest BCUT2D eigenvalue weighted by atomic mass is 10.2. The van der Waals surface area contributed by atoms with Crippen LogP contribution in [0.2, 0.25) is 0 Å². The number of rotatable bonds is 8. The maximum atomic E-state index is 12.4. The van der Waals surface area contributed by atoms with Crippen LogP contribution in [0.25, 0.3) is 11.5 Å². The molecule has 7 heteroatoms. The lowest BCUT2D eigenvalue weighted by Crippen LogP contribution is -2.48. The highest BCUT2D eigenvalue weighted by molar-refractivity contribution is 7.89. The predicted octanol–water partition coefficient (Wildman–Crippen LogP) is 3.29. The lowest BCUT2D eigenvalue weighted by Gasteiger charge is -2.33. The normalized spacial score (nSPS) is 16.7. The highest BCUT2D eigenvalue weighted by atomic mass is 32.2. The minimum Gasteiger partial charge on any atom is -0.441 e. The van der Waals surface area contributed by atoms with Crippen molar-refractivity contribution in [3.05, 3.63) is 41.8 Å². The van der Waals surface area contributed by atoms with Crippen LogP contribution in [-0.4, -0.2) is 54.5 Å². The van der Waals surface area contributed by atoms with Crippen LogP contribution in [0.15, 0.2) is 34.7 Å². The average molecular weight is 392 g/mol. The molecule has 0 spiro atoms. The van der Waals surface area contributed by atoms with E-state index in [0.717, 1.165) is 49.4 Å². The van der Waals surface area contributed by atoms with E-state index < -0.39 is 10.0 Å². The molecule has 0 N–H and O–H groups in total. The van der Waals surface area contributed by atoms with Crippen LogP contribution in [-0.2, 0) is 16.6 Å². The van der Waals surface area contributed by atoms with E-state index in [1.807, 2.05) is 37.3 Å². The second-order valence-electron chi connectivity index (χ2n) is 7.09. The topological polar surface area (TPSA) is 66.7 Å². The van der Waals surface area contributed by atoms with E-state index >= 15 is 0 Å². The SMILES string of the molecule is CCCCCS(=O)(=O)N1CCN(Cc2nc(-c3ccccc3)oc2C)CC1. The summed E-state index contributed by atoms with van der Waals surface area (Å²) >= 11 is 0. The maximum absolute atomic E-state index is 12.4. The molecule has 148 valence electrons. The van der Waals surface area contributed by atoms with Crippen molar-refractivity contribution in [1.82, 2.24) is 14.2 Å². The number of sulfonamides is 1. The molecule has 3 rings (SSSR count). The smallest absolute Gasteiger partial charge is 0.226 e. The van der Waals surface area contributed by atoms with Crippen molar-refractivity contribution in [2.75, 3.05) is 31.9 Å². The Morgan fingerprint density at radius 2 is 1.78 bits per heavy atom. The zero-order valence-corrected chi connectivity index (χ0v) is 17.0. The molecule has 1 aliphatic rings. The monoisotopic (exact) mass is 391 g/mol. The van der Waals surface area contributed by atoms with Crippen molar-refractivity contribution in [1.29, 1.82) is 0 Å². The number of hydrogen-bond acceptors (Lipinski definition) is 5. The van der Waals surface area contributed by atoms with Gasteiger partial charge in [-0.05, 0) is 25.5 Å². The van der Waals surface area contributed by atoms with E-state index in [9.17, 15) is 8.42 Å². The number of nitrogens with zero attached hydrogens (tertiary/aromatic N) is 3. The molecule has 1 aromatic carbocycles. The minimum absolute atomic E-state index is 0.268. The van der Waals surface area contributed by atoms with Gasteiger partial charge in [0.05, 0.1) is 11.4 Å². The molecule has 1 aliphatic heterocycles. The fraction of sp³-hybridized carbons (Fsp3) is 0.550. The Bertz CT molecular complexity index is 825. The molecule has 1 fully saturated rings. The number of piperazine rings is 1. The lowest BCUT2D eigenvalue weighted by molar-refractivity contribution is 0.179. The van der Waals surface area contributed by atoms with Crippen molar-refractivity contribution in [3.8, 4) is 11.5 Å². The third kappa shape index (κ3) is 5.18. The summed E-state index contributed by atoms with van der Waals surface area (Å²) in [6, 6.07) is 9.87. The molecular formula is C20H29N3O3S. The van der Waals surface area contributed by atoms with Crippen LogP contribution < -0.4 is 0 Å². The summed E-state index contributed by atoms with van der Waals surface area (Å²) in [4.78, 5) is 6.90. The molecule has 2 heterocycles. The second-order valence-corrected chi connectivity index (χ2v) is 9.17. The van der Waals surface area contributed by atoms with Crippen molar-refractivity contribution >= 4 is 10.0 Å². The predicted molar refractivity (Wildman–Crippen MR) is 107 cm³/mol. The molecule has 0 aliphatic carbocycles. The summed E-state index contributed by atoms with van der Waals surface area (Å²) in [5.74, 6) is 1.73. The van der Waals surface area contributed by atoms with Crippen LogP contribution in [0.5, 0.6) is 0 Å². The first kappa shape index (κ1) is 20.0. The van der Waals surface area contributed by atoms with Crippen molar-refractivity contribution in [2.45, 2.75) is 39.7 Å². The van der Waals surface area contributed by atoms with Gasteiger partial charge in [0.2, 0.25) is 15.9 Å². The zero-order chi connectivity index (χ0) is 19.3. The minimum atomic E-state index is -3.12. The van der Waals surface area contributed by atoms with E-state index in [4.69, 9.17) is 4.42 Å². The summed E-state index contributed by atoms with van der Waals surface area (Å²) in [5, 5.41) is 0. The second kappa shape index (κ2) is 8.99.